The van der Waals surface area contributed by atoms with Crippen molar-refractivity contribution in [1.29, 1.82) is 0 Å². The maximum atomic E-state index is 12.9. The molecule has 1 saturated heterocycles. The summed E-state index contributed by atoms with van der Waals surface area (Å²) >= 11 is 0. The SMILES string of the molecule is Fc1cc(F)cc(OC2CN(C3CC3)C2)c1. The lowest BCUT2D eigenvalue weighted by atomic mass is 10.1. The van der Waals surface area contributed by atoms with Crippen LogP contribution in [0, 0.1) is 11.6 Å². The van der Waals surface area contributed by atoms with Crippen molar-refractivity contribution in [2.45, 2.75) is 25.0 Å². The molecular formula is C12H13F2NO. The Balaban J connectivity index is 1.58. The van der Waals surface area contributed by atoms with Gasteiger partial charge in [-0.25, -0.2) is 8.78 Å². The normalized spacial score (nSPS) is 21.9. The van der Waals surface area contributed by atoms with Crippen molar-refractivity contribution in [1.82, 2.24) is 4.90 Å². The Morgan fingerprint density at radius 2 is 1.69 bits per heavy atom. The molecule has 1 aliphatic heterocycles. The van der Waals surface area contributed by atoms with E-state index >= 15 is 0 Å². The average Bonchev–Trinajstić information content (AvgIpc) is 2.92. The van der Waals surface area contributed by atoms with Crippen LogP contribution in [0.1, 0.15) is 12.8 Å². The maximum absolute atomic E-state index is 12.9. The summed E-state index contributed by atoms with van der Waals surface area (Å²) < 4.78 is 31.3. The molecule has 4 heteroatoms. The summed E-state index contributed by atoms with van der Waals surface area (Å²) in [5.41, 5.74) is 0. The first-order chi connectivity index (χ1) is 7.70. The summed E-state index contributed by atoms with van der Waals surface area (Å²) in [6.45, 7) is 1.76. The quantitative estimate of drug-likeness (QED) is 0.781. The number of rotatable bonds is 3. The Labute approximate surface area is 92.8 Å². The zero-order valence-corrected chi connectivity index (χ0v) is 8.83. The molecule has 1 aromatic rings. The molecule has 3 rings (SSSR count). The van der Waals surface area contributed by atoms with Crippen LogP contribution in [0.15, 0.2) is 18.2 Å². The Hall–Kier alpha value is -1.16. The van der Waals surface area contributed by atoms with Crippen LogP contribution in [0.25, 0.3) is 0 Å². The van der Waals surface area contributed by atoms with Crippen LogP contribution in [0.2, 0.25) is 0 Å². The van der Waals surface area contributed by atoms with Gasteiger partial charge in [-0.15, -0.1) is 0 Å². The molecule has 0 radical (unpaired) electrons. The summed E-state index contributed by atoms with van der Waals surface area (Å²) in [5, 5.41) is 0. The van der Waals surface area contributed by atoms with Crippen LogP contribution in [0.3, 0.4) is 0 Å². The van der Waals surface area contributed by atoms with Crippen molar-refractivity contribution in [3.8, 4) is 5.75 Å². The molecule has 0 unspecified atom stereocenters. The molecule has 1 aromatic carbocycles. The Morgan fingerprint density at radius 3 is 2.25 bits per heavy atom. The third-order valence-corrected chi connectivity index (χ3v) is 3.08. The summed E-state index contributed by atoms with van der Waals surface area (Å²) in [6, 6.07) is 4.04. The highest BCUT2D eigenvalue weighted by molar-refractivity contribution is 5.24. The number of nitrogens with zero attached hydrogens (tertiary/aromatic N) is 1. The molecule has 0 N–H and O–H groups in total. The van der Waals surface area contributed by atoms with Gasteiger partial charge in [-0.2, -0.15) is 0 Å². The topological polar surface area (TPSA) is 12.5 Å². The van der Waals surface area contributed by atoms with Crippen LogP contribution in [0.5, 0.6) is 5.75 Å². The number of ether oxygens (including phenoxy) is 1. The van der Waals surface area contributed by atoms with Gasteiger partial charge >= 0.3 is 0 Å². The van der Waals surface area contributed by atoms with Gasteiger partial charge in [-0.1, -0.05) is 0 Å². The molecule has 2 aliphatic rings. The van der Waals surface area contributed by atoms with Gasteiger partial charge in [0.25, 0.3) is 0 Å². The van der Waals surface area contributed by atoms with Crippen molar-refractivity contribution in [3.63, 3.8) is 0 Å². The van der Waals surface area contributed by atoms with Gasteiger partial charge in [0.2, 0.25) is 0 Å². The number of halogens is 2. The molecule has 0 spiro atoms. The fourth-order valence-electron chi connectivity index (χ4n) is 2.07. The monoisotopic (exact) mass is 225 g/mol. The van der Waals surface area contributed by atoms with Gasteiger partial charge in [0.1, 0.15) is 23.5 Å². The van der Waals surface area contributed by atoms with E-state index in [0.717, 1.165) is 25.2 Å². The van der Waals surface area contributed by atoms with Crippen LogP contribution in [-0.2, 0) is 0 Å². The summed E-state index contributed by atoms with van der Waals surface area (Å²) in [4.78, 5) is 2.35. The van der Waals surface area contributed by atoms with Crippen LogP contribution in [-0.4, -0.2) is 30.1 Å². The molecule has 16 heavy (non-hydrogen) atoms. The molecule has 0 atom stereocenters. The molecule has 1 aliphatic carbocycles. The summed E-state index contributed by atoms with van der Waals surface area (Å²) in [7, 11) is 0. The predicted molar refractivity (Wildman–Crippen MR) is 55.4 cm³/mol. The van der Waals surface area contributed by atoms with Crippen LogP contribution < -0.4 is 4.74 Å². The van der Waals surface area contributed by atoms with E-state index in [4.69, 9.17) is 4.74 Å². The average molecular weight is 225 g/mol. The maximum Gasteiger partial charge on any atom is 0.129 e. The molecule has 2 fully saturated rings. The van der Waals surface area contributed by atoms with Crippen molar-refractivity contribution in [2.24, 2.45) is 0 Å². The van der Waals surface area contributed by atoms with E-state index in [1.165, 1.54) is 25.0 Å². The van der Waals surface area contributed by atoms with Crippen molar-refractivity contribution in [3.05, 3.63) is 29.8 Å². The fourth-order valence-corrected chi connectivity index (χ4v) is 2.07. The number of benzene rings is 1. The van der Waals surface area contributed by atoms with E-state index in [0.29, 0.717) is 0 Å². The lowest BCUT2D eigenvalue weighted by Crippen LogP contribution is -2.54. The number of likely N-dealkylation sites (tertiary alicyclic amines) is 1. The molecule has 1 heterocycles. The van der Waals surface area contributed by atoms with E-state index in [1.54, 1.807) is 0 Å². The number of hydrogen-bond acceptors (Lipinski definition) is 2. The lowest BCUT2D eigenvalue weighted by Gasteiger charge is -2.39. The van der Waals surface area contributed by atoms with Gasteiger partial charge in [0.15, 0.2) is 0 Å². The first-order valence-corrected chi connectivity index (χ1v) is 5.57. The minimum atomic E-state index is -0.589. The molecule has 0 aromatic heterocycles. The Morgan fingerprint density at radius 1 is 1.06 bits per heavy atom. The first kappa shape index (κ1) is 10.0. The van der Waals surface area contributed by atoms with Gasteiger partial charge < -0.3 is 4.74 Å². The van der Waals surface area contributed by atoms with Gasteiger partial charge in [0, 0.05) is 37.3 Å². The Bertz CT molecular complexity index is 380. The molecule has 0 amide bonds. The van der Waals surface area contributed by atoms with Crippen molar-refractivity contribution < 1.29 is 13.5 Å². The van der Waals surface area contributed by atoms with Gasteiger partial charge in [-0.3, -0.25) is 4.90 Å². The minimum absolute atomic E-state index is 0.0850. The third-order valence-electron chi connectivity index (χ3n) is 3.08. The summed E-state index contributed by atoms with van der Waals surface area (Å²) in [6.07, 6.45) is 2.64. The van der Waals surface area contributed by atoms with E-state index in [2.05, 4.69) is 4.90 Å². The van der Waals surface area contributed by atoms with Crippen LogP contribution >= 0.6 is 0 Å². The molecule has 2 nitrogen and oxygen atoms in total. The summed E-state index contributed by atoms with van der Waals surface area (Å²) in [5.74, 6) is -0.889. The predicted octanol–water partition coefficient (Wildman–Crippen LogP) is 2.19. The molecular weight excluding hydrogens is 212 g/mol. The number of hydrogen-bond donors (Lipinski definition) is 0. The van der Waals surface area contributed by atoms with E-state index in [1.807, 2.05) is 0 Å². The first-order valence-electron chi connectivity index (χ1n) is 5.57. The highest BCUT2D eigenvalue weighted by atomic mass is 19.1. The van der Waals surface area contributed by atoms with E-state index < -0.39 is 11.6 Å². The largest absolute Gasteiger partial charge is 0.488 e. The van der Waals surface area contributed by atoms with Crippen molar-refractivity contribution >= 4 is 0 Å². The Kier molecular flexibility index (Phi) is 2.32. The zero-order valence-electron chi connectivity index (χ0n) is 8.83. The minimum Gasteiger partial charge on any atom is -0.488 e. The van der Waals surface area contributed by atoms with Gasteiger partial charge in [0.05, 0.1) is 0 Å². The highest BCUT2D eigenvalue weighted by Crippen LogP contribution is 2.32. The highest BCUT2D eigenvalue weighted by Gasteiger charge is 2.38. The van der Waals surface area contributed by atoms with Crippen molar-refractivity contribution in [2.75, 3.05) is 13.1 Å². The fraction of sp³-hybridized carbons (Fsp3) is 0.500. The smallest absolute Gasteiger partial charge is 0.129 e. The second-order valence-corrected chi connectivity index (χ2v) is 4.53. The molecule has 1 saturated carbocycles. The second-order valence-electron chi connectivity index (χ2n) is 4.53. The standard InChI is InChI=1S/C12H13F2NO/c13-8-3-9(14)5-11(4-8)16-12-6-15(7-12)10-1-2-10/h3-5,10,12H,1-2,6-7H2. The second kappa shape index (κ2) is 3.70. The lowest BCUT2D eigenvalue weighted by molar-refractivity contribution is 0.0140. The van der Waals surface area contributed by atoms with E-state index in [-0.39, 0.29) is 11.9 Å². The van der Waals surface area contributed by atoms with E-state index in [9.17, 15) is 8.78 Å². The van der Waals surface area contributed by atoms with Crippen LogP contribution in [0.4, 0.5) is 8.78 Å². The molecule has 86 valence electrons. The molecule has 0 bridgehead atoms. The zero-order chi connectivity index (χ0) is 11.1. The third kappa shape index (κ3) is 2.02. The van der Waals surface area contributed by atoms with Gasteiger partial charge in [-0.05, 0) is 12.8 Å².